The van der Waals surface area contributed by atoms with Crippen molar-refractivity contribution in [2.45, 2.75) is 41.5 Å². The van der Waals surface area contributed by atoms with Gasteiger partial charge in [-0.3, -0.25) is 0 Å². The molecule has 17 heavy (non-hydrogen) atoms. The van der Waals surface area contributed by atoms with Crippen molar-refractivity contribution in [2.24, 2.45) is 0 Å². The normalized spacial score (nSPS) is 19.8. The molecule has 0 aromatic rings. The zero-order valence-electron chi connectivity index (χ0n) is 11.5. The van der Waals surface area contributed by atoms with Gasteiger partial charge < -0.3 is 0 Å². The quantitative estimate of drug-likeness (QED) is 0.533. The van der Waals surface area contributed by atoms with Crippen molar-refractivity contribution in [1.29, 1.82) is 0 Å². The van der Waals surface area contributed by atoms with E-state index in [-0.39, 0.29) is 15.1 Å². The molecule has 1 saturated carbocycles. The first kappa shape index (κ1) is 20.5. The van der Waals surface area contributed by atoms with Gasteiger partial charge in [0.1, 0.15) is 0 Å². The summed E-state index contributed by atoms with van der Waals surface area (Å²) in [4.78, 5) is 0. The molecule has 1 rings (SSSR count). The Morgan fingerprint density at radius 1 is 0.824 bits per heavy atom. The molecule has 0 amide bonds. The summed E-state index contributed by atoms with van der Waals surface area (Å²) in [6.45, 7) is 16.4. The molecule has 0 atom stereocenters. The Morgan fingerprint density at radius 2 is 0.941 bits per heavy atom. The number of hydrogen-bond acceptors (Lipinski definition) is 0. The molecule has 0 bridgehead atoms. The third-order valence-corrected chi connectivity index (χ3v) is 3.05. The van der Waals surface area contributed by atoms with Crippen LogP contribution in [0.2, 0.25) is 0 Å². The third-order valence-electron chi connectivity index (χ3n) is 3.05. The van der Waals surface area contributed by atoms with E-state index in [0.29, 0.717) is 0 Å². The van der Waals surface area contributed by atoms with Gasteiger partial charge in [-0.25, -0.2) is 0 Å². The van der Waals surface area contributed by atoms with E-state index < -0.39 is 0 Å². The molecule has 1 aliphatic carbocycles. The van der Waals surface area contributed by atoms with E-state index in [0.717, 1.165) is 0 Å². The second-order valence-electron chi connectivity index (χ2n) is 3.74. The predicted octanol–water partition coefficient (Wildman–Crippen LogP) is 5.60. The van der Waals surface area contributed by atoms with Gasteiger partial charge in [0, 0.05) is 0 Å². The van der Waals surface area contributed by atoms with Crippen LogP contribution >= 0.6 is 19.4 Å². The van der Waals surface area contributed by atoms with Crippen molar-refractivity contribution in [3.05, 3.63) is 49.4 Å². The van der Waals surface area contributed by atoms with E-state index >= 15 is 0 Å². The van der Waals surface area contributed by atoms with Crippen LogP contribution in [0.3, 0.4) is 0 Å². The first-order valence-corrected chi connectivity index (χ1v) is 9.81. The van der Waals surface area contributed by atoms with Crippen LogP contribution in [0.5, 0.6) is 0 Å². The van der Waals surface area contributed by atoms with Gasteiger partial charge >= 0.3 is 34.5 Å². The monoisotopic (exact) mass is 362 g/mol. The summed E-state index contributed by atoms with van der Waals surface area (Å²) in [5, 5.41) is 0. The van der Waals surface area contributed by atoms with Gasteiger partial charge in [-0.15, -0.1) is 0 Å². The number of unbranched alkanes of at least 4 members (excludes halogenated alkanes) is 1. The topological polar surface area (TPSA) is 0 Å². The van der Waals surface area contributed by atoms with Crippen molar-refractivity contribution in [1.82, 2.24) is 0 Å². The Balaban J connectivity index is 0. The molecule has 0 saturated heterocycles. The number of hydrogen-bond donors (Lipinski definition) is 0. The second kappa shape index (κ2) is 12.2. The van der Waals surface area contributed by atoms with Gasteiger partial charge in [0.25, 0.3) is 0 Å². The zero-order chi connectivity index (χ0) is 14.0. The van der Waals surface area contributed by atoms with Crippen LogP contribution in [0.15, 0.2) is 0 Å². The van der Waals surface area contributed by atoms with Gasteiger partial charge in [0.15, 0.2) is 0 Å². The fraction of sp³-hybridized carbons (Fsp3) is 0.429. The van der Waals surface area contributed by atoms with Crippen molar-refractivity contribution in [3.8, 4) is 0 Å². The average Bonchev–Trinajstić information content (AvgIpc) is 2.49. The molecule has 8 radical (unpaired) electrons. The first-order valence-electron chi connectivity index (χ1n) is 5.34. The molecule has 100 valence electrons. The van der Waals surface area contributed by atoms with E-state index in [2.05, 4.69) is 41.5 Å². The summed E-state index contributed by atoms with van der Waals surface area (Å²) in [7, 11) is 9.71. The van der Waals surface area contributed by atoms with Crippen molar-refractivity contribution in [3.63, 3.8) is 0 Å². The fourth-order valence-electron chi connectivity index (χ4n) is 1.41. The number of halogens is 2. The van der Waals surface area contributed by atoms with Crippen molar-refractivity contribution >= 4 is 19.4 Å². The maximum atomic E-state index is 4.85. The van der Waals surface area contributed by atoms with Crippen LogP contribution in [-0.4, -0.2) is 0 Å². The Labute approximate surface area is 125 Å². The van der Waals surface area contributed by atoms with E-state index in [9.17, 15) is 0 Å². The second-order valence-corrected chi connectivity index (χ2v) is 6.38. The zero-order valence-corrected chi connectivity index (χ0v) is 14.7. The van der Waals surface area contributed by atoms with Crippen molar-refractivity contribution in [2.75, 3.05) is 0 Å². The molecule has 0 aromatic heterocycles. The van der Waals surface area contributed by atoms with Crippen LogP contribution in [0.4, 0.5) is 0 Å². The minimum absolute atomic E-state index is 0.346. The maximum absolute atomic E-state index is 4.85. The standard InChI is InChI=1S/C10H15.C4H7.2ClH.Ru/c1-6-7(2)9(4)10(5)8(6)3;1-3-4-2;;;/h1-5H3;3-4H,1H2,2H3;2*1H;/q;;;;+2/p-2. The molecule has 0 nitrogen and oxygen atoms in total. The van der Waals surface area contributed by atoms with E-state index in [1.54, 1.807) is 6.42 Å². The molecule has 0 aliphatic heterocycles. The van der Waals surface area contributed by atoms with Crippen LogP contribution in [0.25, 0.3) is 0 Å². The summed E-state index contributed by atoms with van der Waals surface area (Å²) in [6, 6.07) is 0. The first-order chi connectivity index (χ1) is 7.88. The Morgan fingerprint density at radius 3 is 1.00 bits per heavy atom. The van der Waals surface area contributed by atoms with Crippen LogP contribution < -0.4 is 0 Å². The van der Waals surface area contributed by atoms with Gasteiger partial charge in [-0.05, 0) is 49.4 Å². The van der Waals surface area contributed by atoms with Crippen molar-refractivity contribution < 1.29 is 15.1 Å². The Bertz CT molecular complexity index is 117. The predicted molar refractivity (Wildman–Crippen MR) is 75.9 cm³/mol. The van der Waals surface area contributed by atoms with Gasteiger partial charge in [-0.2, -0.15) is 0 Å². The van der Waals surface area contributed by atoms with Crippen LogP contribution in [0.1, 0.15) is 41.5 Å². The molecular weight excluding hydrogens is 340 g/mol. The van der Waals surface area contributed by atoms with E-state index in [1.165, 1.54) is 29.6 Å². The van der Waals surface area contributed by atoms with Gasteiger partial charge in [-0.1, -0.05) is 41.5 Å². The molecule has 0 heterocycles. The van der Waals surface area contributed by atoms with Gasteiger partial charge in [0.05, 0.1) is 0 Å². The fourth-order valence-corrected chi connectivity index (χ4v) is 1.41. The third kappa shape index (κ3) is 8.07. The Kier molecular flexibility index (Phi) is 14.8. The molecular formula is C14H22Cl2Ru. The molecule has 1 aliphatic rings. The Hall–Kier alpha value is 1.20. The minimum atomic E-state index is -0.346. The molecule has 1 fully saturated rings. The van der Waals surface area contributed by atoms with Gasteiger partial charge in [0.2, 0.25) is 0 Å². The molecule has 0 aromatic carbocycles. The molecule has 0 spiro atoms. The SMILES string of the molecule is C[C]1[C](C)[C](C)[C](C)[C]1C.[CH2][CH][CH]C.[Cl][Ru][Cl]. The van der Waals surface area contributed by atoms with Crippen LogP contribution in [0, 0.1) is 49.4 Å². The summed E-state index contributed by atoms with van der Waals surface area (Å²) in [5.74, 6) is 7.34. The molecule has 0 N–H and O–H groups in total. The summed E-state index contributed by atoms with van der Waals surface area (Å²) < 4.78 is 0. The average molecular weight is 362 g/mol. The number of rotatable bonds is 1. The van der Waals surface area contributed by atoms with E-state index in [4.69, 9.17) is 19.4 Å². The summed E-state index contributed by atoms with van der Waals surface area (Å²) >= 11 is -0.346. The summed E-state index contributed by atoms with van der Waals surface area (Å²) in [5.41, 5.74) is 0. The summed E-state index contributed by atoms with van der Waals surface area (Å²) in [6.07, 6.45) is 3.64. The van der Waals surface area contributed by atoms with E-state index in [1.807, 2.05) is 13.3 Å². The molecule has 0 unspecified atom stereocenters. The van der Waals surface area contributed by atoms with Crippen LogP contribution in [-0.2, 0) is 15.1 Å². The molecule has 3 heteroatoms.